The second-order valence-corrected chi connectivity index (χ2v) is 4.40. The van der Waals surface area contributed by atoms with Crippen LogP contribution in [-0.4, -0.2) is 18.6 Å². The average molecular weight is 257 g/mol. The van der Waals surface area contributed by atoms with Gasteiger partial charge in [0.15, 0.2) is 6.61 Å². The molecule has 94 valence electrons. The van der Waals surface area contributed by atoms with Crippen molar-refractivity contribution in [2.45, 2.75) is 26.4 Å². The predicted octanol–water partition coefficient (Wildman–Crippen LogP) is 1.70. The van der Waals surface area contributed by atoms with Crippen LogP contribution in [0.15, 0.2) is 18.2 Å². The molecule has 0 unspecified atom stereocenters. The molecule has 5 heteroatoms. The summed E-state index contributed by atoms with van der Waals surface area (Å²) in [5.74, 6) is 0.391. The Balaban J connectivity index is 2.62. The van der Waals surface area contributed by atoms with Gasteiger partial charge in [-0.2, -0.15) is 0 Å². The summed E-state index contributed by atoms with van der Waals surface area (Å²) in [5.41, 5.74) is 6.39. The molecular weight excluding hydrogens is 240 g/mol. The minimum atomic E-state index is -0.164. The van der Waals surface area contributed by atoms with Crippen LogP contribution in [0.5, 0.6) is 5.75 Å². The van der Waals surface area contributed by atoms with Gasteiger partial charge >= 0.3 is 0 Å². The summed E-state index contributed by atoms with van der Waals surface area (Å²) in [5, 5.41) is 3.29. The van der Waals surface area contributed by atoms with Gasteiger partial charge in [0.2, 0.25) is 0 Å². The van der Waals surface area contributed by atoms with E-state index in [1.165, 1.54) is 0 Å². The quantitative estimate of drug-likeness (QED) is 0.843. The molecule has 0 aliphatic heterocycles. The van der Waals surface area contributed by atoms with E-state index in [9.17, 15) is 4.79 Å². The number of amides is 1. The highest BCUT2D eigenvalue weighted by Gasteiger charge is 2.07. The smallest absolute Gasteiger partial charge is 0.258 e. The number of benzene rings is 1. The molecule has 1 rings (SSSR count). The zero-order valence-electron chi connectivity index (χ0n) is 10.00. The summed E-state index contributed by atoms with van der Waals surface area (Å²) in [6.45, 7) is 4.09. The van der Waals surface area contributed by atoms with Gasteiger partial charge in [-0.15, -0.1) is 0 Å². The molecule has 0 heterocycles. The monoisotopic (exact) mass is 256 g/mol. The van der Waals surface area contributed by atoms with E-state index in [4.69, 9.17) is 22.1 Å². The molecule has 0 saturated heterocycles. The lowest BCUT2D eigenvalue weighted by Crippen LogP contribution is -2.34. The Kier molecular flexibility index (Phi) is 5.25. The number of nitrogens with two attached hydrogens (primary N) is 1. The van der Waals surface area contributed by atoms with E-state index < -0.39 is 0 Å². The molecule has 0 radical (unpaired) electrons. The van der Waals surface area contributed by atoms with Crippen molar-refractivity contribution in [2.24, 2.45) is 5.73 Å². The Morgan fingerprint density at radius 3 is 2.82 bits per heavy atom. The summed E-state index contributed by atoms with van der Waals surface area (Å²) >= 11 is 5.85. The van der Waals surface area contributed by atoms with Gasteiger partial charge in [0.25, 0.3) is 5.91 Å². The minimum absolute atomic E-state index is 0.0362. The molecule has 3 N–H and O–H groups in total. The third kappa shape index (κ3) is 4.63. The largest absolute Gasteiger partial charge is 0.483 e. The summed E-state index contributed by atoms with van der Waals surface area (Å²) in [4.78, 5) is 11.4. The SMILES string of the molecule is CC(C)NC(=O)COc1cc(Cl)ccc1CN. The minimum Gasteiger partial charge on any atom is -0.483 e. The zero-order chi connectivity index (χ0) is 12.8. The van der Waals surface area contributed by atoms with Crippen molar-refractivity contribution in [1.29, 1.82) is 0 Å². The van der Waals surface area contributed by atoms with Crippen LogP contribution in [0.2, 0.25) is 5.02 Å². The van der Waals surface area contributed by atoms with Gasteiger partial charge in [-0.25, -0.2) is 0 Å². The number of nitrogens with one attached hydrogen (secondary N) is 1. The van der Waals surface area contributed by atoms with Gasteiger partial charge < -0.3 is 15.8 Å². The summed E-state index contributed by atoms with van der Waals surface area (Å²) in [7, 11) is 0. The highest BCUT2D eigenvalue weighted by molar-refractivity contribution is 6.30. The molecule has 0 atom stereocenters. The van der Waals surface area contributed by atoms with Crippen molar-refractivity contribution in [2.75, 3.05) is 6.61 Å². The maximum Gasteiger partial charge on any atom is 0.258 e. The molecule has 1 amide bonds. The molecule has 1 aromatic rings. The molecule has 0 bridgehead atoms. The number of rotatable bonds is 5. The fourth-order valence-corrected chi connectivity index (χ4v) is 1.50. The van der Waals surface area contributed by atoms with Crippen LogP contribution in [0, 0.1) is 0 Å². The fraction of sp³-hybridized carbons (Fsp3) is 0.417. The second-order valence-electron chi connectivity index (χ2n) is 3.97. The number of hydrogen-bond donors (Lipinski definition) is 2. The van der Waals surface area contributed by atoms with Crippen molar-refractivity contribution >= 4 is 17.5 Å². The highest BCUT2D eigenvalue weighted by atomic mass is 35.5. The molecular formula is C12H17ClN2O2. The number of hydrogen-bond acceptors (Lipinski definition) is 3. The van der Waals surface area contributed by atoms with E-state index in [0.717, 1.165) is 5.56 Å². The Morgan fingerprint density at radius 1 is 1.53 bits per heavy atom. The van der Waals surface area contributed by atoms with Crippen LogP contribution in [0.4, 0.5) is 0 Å². The summed E-state index contributed by atoms with van der Waals surface area (Å²) in [6, 6.07) is 5.29. The number of halogens is 1. The van der Waals surface area contributed by atoms with Crippen LogP contribution < -0.4 is 15.8 Å². The highest BCUT2D eigenvalue weighted by Crippen LogP contribution is 2.22. The first-order valence-electron chi connectivity index (χ1n) is 5.43. The lowest BCUT2D eigenvalue weighted by atomic mass is 10.2. The van der Waals surface area contributed by atoms with Gasteiger partial charge in [-0.1, -0.05) is 17.7 Å². The van der Waals surface area contributed by atoms with Crippen molar-refractivity contribution in [3.8, 4) is 5.75 Å². The van der Waals surface area contributed by atoms with Crippen LogP contribution in [0.25, 0.3) is 0 Å². The van der Waals surface area contributed by atoms with E-state index >= 15 is 0 Å². The molecule has 4 nitrogen and oxygen atoms in total. The van der Waals surface area contributed by atoms with Gasteiger partial charge in [0.05, 0.1) is 0 Å². The number of carbonyl (C=O) groups is 1. The first-order valence-corrected chi connectivity index (χ1v) is 5.81. The standard InChI is InChI=1S/C12H17ClN2O2/c1-8(2)15-12(16)7-17-11-5-10(13)4-3-9(11)6-14/h3-5,8H,6-7,14H2,1-2H3,(H,15,16). The molecule has 0 spiro atoms. The molecule has 0 aliphatic rings. The summed E-state index contributed by atoms with van der Waals surface area (Å²) < 4.78 is 5.40. The Hall–Kier alpha value is -1.26. The summed E-state index contributed by atoms with van der Waals surface area (Å²) in [6.07, 6.45) is 0. The van der Waals surface area contributed by atoms with Crippen LogP contribution in [0.1, 0.15) is 19.4 Å². The van der Waals surface area contributed by atoms with E-state index in [1.807, 2.05) is 13.8 Å². The van der Waals surface area contributed by atoms with E-state index in [-0.39, 0.29) is 18.6 Å². The topological polar surface area (TPSA) is 64.3 Å². The van der Waals surface area contributed by atoms with E-state index in [0.29, 0.717) is 17.3 Å². The first kappa shape index (κ1) is 13.8. The third-order valence-corrected chi connectivity index (χ3v) is 2.29. The maximum atomic E-state index is 11.4. The normalized spacial score (nSPS) is 10.4. The van der Waals surface area contributed by atoms with Crippen molar-refractivity contribution < 1.29 is 9.53 Å². The Labute approximate surface area is 106 Å². The van der Waals surface area contributed by atoms with Gasteiger partial charge in [-0.3, -0.25) is 4.79 Å². The number of ether oxygens (including phenoxy) is 1. The van der Waals surface area contributed by atoms with Gasteiger partial charge in [-0.05, 0) is 26.0 Å². The Morgan fingerprint density at radius 2 is 2.24 bits per heavy atom. The molecule has 0 aliphatic carbocycles. The zero-order valence-corrected chi connectivity index (χ0v) is 10.8. The Bertz CT molecular complexity index is 394. The lowest BCUT2D eigenvalue weighted by molar-refractivity contribution is -0.123. The van der Waals surface area contributed by atoms with Crippen LogP contribution >= 0.6 is 11.6 Å². The molecule has 0 aromatic heterocycles. The van der Waals surface area contributed by atoms with E-state index in [1.54, 1.807) is 18.2 Å². The van der Waals surface area contributed by atoms with Gasteiger partial charge in [0.1, 0.15) is 5.75 Å². The molecule has 0 saturated carbocycles. The third-order valence-electron chi connectivity index (χ3n) is 2.06. The van der Waals surface area contributed by atoms with Crippen LogP contribution in [0.3, 0.4) is 0 Å². The van der Waals surface area contributed by atoms with Crippen molar-refractivity contribution in [3.05, 3.63) is 28.8 Å². The number of carbonyl (C=O) groups excluding carboxylic acids is 1. The predicted molar refractivity (Wildman–Crippen MR) is 68.1 cm³/mol. The fourth-order valence-electron chi connectivity index (χ4n) is 1.34. The first-order chi connectivity index (χ1) is 8.02. The maximum absolute atomic E-state index is 11.4. The van der Waals surface area contributed by atoms with Crippen molar-refractivity contribution in [1.82, 2.24) is 5.32 Å². The molecule has 0 fully saturated rings. The van der Waals surface area contributed by atoms with Gasteiger partial charge in [0, 0.05) is 23.2 Å². The van der Waals surface area contributed by atoms with Crippen molar-refractivity contribution in [3.63, 3.8) is 0 Å². The van der Waals surface area contributed by atoms with E-state index in [2.05, 4.69) is 5.32 Å². The lowest BCUT2D eigenvalue weighted by Gasteiger charge is -2.12. The molecule has 1 aromatic carbocycles. The van der Waals surface area contributed by atoms with Crippen LogP contribution in [-0.2, 0) is 11.3 Å². The average Bonchev–Trinajstić information content (AvgIpc) is 2.25. The molecule has 17 heavy (non-hydrogen) atoms. The second kappa shape index (κ2) is 6.47.